The van der Waals surface area contributed by atoms with Crippen LogP contribution in [0.3, 0.4) is 0 Å². The number of thiol groups is 1. The molecule has 0 unspecified atom stereocenters. The number of rotatable bonds is 7. The van der Waals surface area contributed by atoms with Crippen molar-refractivity contribution in [2.75, 3.05) is 0 Å². The van der Waals surface area contributed by atoms with Gasteiger partial charge < -0.3 is 0 Å². The van der Waals surface area contributed by atoms with Crippen LogP contribution in [0, 0.1) is 11.3 Å². The van der Waals surface area contributed by atoms with Gasteiger partial charge in [0.05, 0.1) is 0 Å². The van der Waals surface area contributed by atoms with Gasteiger partial charge in [0, 0.05) is 5.41 Å². The lowest BCUT2D eigenvalue weighted by Gasteiger charge is -2.21. The van der Waals surface area contributed by atoms with E-state index in [0.29, 0.717) is 0 Å². The zero-order valence-electron chi connectivity index (χ0n) is 10.4. The molecule has 0 aromatic heterocycles. The molecule has 0 spiro atoms. The molecule has 0 aromatic carbocycles. The Hall–Kier alpha value is 0.370. The Labute approximate surface area is 104 Å². The quantitative estimate of drug-likeness (QED) is 0.399. The molecule has 90 valence electrons. The molecule has 0 rings (SSSR count). The fraction of sp³-hybridized carbons (Fsp3) is 0.917. The van der Waals surface area contributed by atoms with Crippen molar-refractivity contribution < 1.29 is 4.79 Å². The molecule has 0 amide bonds. The van der Waals surface area contributed by atoms with E-state index in [1.807, 2.05) is 13.8 Å². The Morgan fingerprint density at radius 3 is 2.33 bits per heavy atom. The number of carbonyl (C=O) groups excluding carboxylic acids is 1. The summed E-state index contributed by atoms with van der Waals surface area (Å²) in [7, 11) is 1.06. The van der Waals surface area contributed by atoms with Gasteiger partial charge >= 0.3 is 0 Å². The van der Waals surface area contributed by atoms with Crippen molar-refractivity contribution in [1.29, 1.82) is 0 Å². The number of hydrogen-bond acceptors (Lipinski definition) is 3. The Bertz CT molecular complexity index is 188. The van der Waals surface area contributed by atoms with Crippen molar-refractivity contribution in [3.63, 3.8) is 0 Å². The Morgan fingerprint density at radius 2 is 1.87 bits per heavy atom. The smallest absolute Gasteiger partial charge is 0.204 e. The lowest BCUT2D eigenvalue weighted by molar-refractivity contribution is -0.118. The Balaban J connectivity index is 3.62. The number of unbranched alkanes of at least 4 members (excludes halogenated alkanes) is 2. The third kappa shape index (κ3) is 7.29. The first-order valence-corrected chi connectivity index (χ1v) is 7.63. The van der Waals surface area contributed by atoms with E-state index in [0.717, 1.165) is 29.6 Å². The van der Waals surface area contributed by atoms with Gasteiger partial charge in [-0.2, -0.15) is 0 Å². The van der Waals surface area contributed by atoms with Crippen LogP contribution < -0.4 is 0 Å². The summed E-state index contributed by atoms with van der Waals surface area (Å²) < 4.78 is 0. The van der Waals surface area contributed by atoms with Crippen molar-refractivity contribution in [2.24, 2.45) is 11.3 Å². The second-order valence-electron chi connectivity index (χ2n) is 5.26. The molecule has 0 saturated carbocycles. The molecular weight excluding hydrogens is 224 g/mol. The van der Waals surface area contributed by atoms with E-state index in [9.17, 15) is 4.79 Å². The maximum atomic E-state index is 11.5. The van der Waals surface area contributed by atoms with E-state index in [1.165, 1.54) is 19.3 Å². The first-order valence-electron chi connectivity index (χ1n) is 5.76. The summed E-state index contributed by atoms with van der Waals surface area (Å²) in [6.07, 6.45) is 5.97. The zero-order valence-corrected chi connectivity index (χ0v) is 12.1. The molecular formula is C12H24OS2. The molecule has 0 N–H and O–H groups in total. The minimum atomic E-state index is -0.204. The summed E-state index contributed by atoms with van der Waals surface area (Å²) in [5, 5.41) is 0.190. The van der Waals surface area contributed by atoms with Crippen molar-refractivity contribution in [2.45, 2.75) is 59.8 Å². The second-order valence-corrected chi connectivity index (χ2v) is 6.36. The molecule has 0 radical (unpaired) electrons. The Morgan fingerprint density at radius 1 is 1.27 bits per heavy atom. The van der Waals surface area contributed by atoms with Crippen LogP contribution in [0.15, 0.2) is 0 Å². The number of hydrogen-bond donors (Lipinski definition) is 1. The highest BCUT2D eigenvalue weighted by Gasteiger charge is 2.26. The van der Waals surface area contributed by atoms with Crippen LogP contribution in [0.4, 0.5) is 0 Å². The molecule has 0 aliphatic carbocycles. The fourth-order valence-corrected chi connectivity index (χ4v) is 2.61. The fourth-order valence-electron chi connectivity index (χ4n) is 1.52. The van der Waals surface area contributed by atoms with E-state index < -0.39 is 0 Å². The van der Waals surface area contributed by atoms with Gasteiger partial charge in [0.15, 0.2) is 0 Å². The first-order chi connectivity index (χ1) is 6.90. The minimum Gasteiger partial charge on any atom is -0.286 e. The topological polar surface area (TPSA) is 17.1 Å². The van der Waals surface area contributed by atoms with E-state index in [2.05, 4.69) is 25.5 Å². The molecule has 15 heavy (non-hydrogen) atoms. The van der Waals surface area contributed by atoms with Crippen LogP contribution in [0.5, 0.6) is 0 Å². The first kappa shape index (κ1) is 15.4. The van der Waals surface area contributed by atoms with Gasteiger partial charge in [-0.05, 0) is 23.1 Å². The second kappa shape index (κ2) is 7.61. The lowest BCUT2D eigenvalue weighted by Crippen LogP contribution is -2.20. The summed E-state index contributed by atoms with van der Waals surface area (Å²) in [4.78, 5) is 11.5. The third-order valence-corrected chi connectivity index (χ3v) is 3.93. The van der Waals surface area contributed by atoms with E-state index in [4.69, 9.17) is 0 Å². The summed E-state index contributed by atoms with van der Waals surface area (Å²) in [5.74, 6) is 0.799. The summed E-state index contributed by atoms with van der Waals surface area (Å²) in [5.41, 5.74) is -0.204. The van der Waals surface area contributed by atoms with Gasteiger partial charge in [-0.15, -0.1) is 11.7 Å². The monoisotopic (exact) mass is 248 g/mol. The van der Waals surface area contributed by atoms with Crippen molar-refractivity contribution in [3.8, 4) is 0 Å². The van der Waals surface area contributed by atoms with Crippen LogP contribution in [0.2, 0.25) is 0 Å². The molecule has 0 heterocycles. The van der Waals surface area contributed by atoms with Crippen molar-refractivity contribution in [3.05, 3.63) is 0 Å². The van der Waals surface area contributed by atoms with E-state index in [-0.39, 0.29) is 10.5 Å². The van der Waals surface area contributed by atoms with Gasteiger partial charge in [-0.1, -0.05) is 53.4 Å². The van der Waals surface area contributed by atoms with Crippen LogP contribution in [-0.4, -0.2) is 5.12 Å². The van der Waals surface area contributed by atoms with Crippen LogP contribution in [0.25, 0.3) is 0 Å². The van der Waals surface area contributed by atoms with Crippen LogP contribution >= 0.6 is 22.5 Å². The van der Waals surface area contributed by atoms with Crippen LogP contribution in [-0.2, 0) is 4.79 Å². The molecule has 0 bridgehead atoms. The summed E-state index contributed by atoms with van der Waals surface area (Å²) >= 11 is 3.97. The molecule has 1 nitrogen and oxygen atoms in total. The molecule has 0 aromatic rings. The van der Waals surface area contributed by atoms with Gasteiger partial charge in [0.25, 0.3) is 0 Å². The molecule has 0 atom stereocenters. The lowest BCUT2D eigenvalue weighted by atomic mass is 9.88. The molecule has 3 heteroatoms. The van der Waals surface area contributed by atoms with E-state index >= 15 is 0 Å². The molecule has 0 fully saturated rings. The summed E-state index contributed by atoms with van der Waals surface area (Å²) in [6.45, 7) is 8.54. The molecule has 0 aliphatic rings. The third-order valence-electron chi connectivity index (χ3n) is 2.72. The van der Waals surface area contributed by atoms with Gasteiger partial charge in [0.1, 0.15) is 0 Å². The average Bonchev–Trinajstić information content (AvgIpc) is 2.15. The largest absolute Gasteiger partial charge is 0.286 e. The normalized spacial score (nSPS) is 12.1. The molecule has 0 saturated heterocycles. The highest BCUT2D eigenvalue weighted by atomic mass is 33.1. The predicted octanol–water partition coefficient (Wildman–Crippen LogP) is 4.72. The van der Waals surface area contributed by atoms with Crippen molar-refractivity contribution in [1.82, 2.24) is 0 Å². The van der Waals surface area contributed by atoms with E-state index in [1.54, 1.807) is 0 Å². The number of carbonyl (C=O) groups is 1. The van der Waals surface area contributed by atoms with Gasteiger partial charge in [-0.25, -0.2) is 0 Å². The summed E-state index contributed by atoms with van der Waals surface area (Å²) in [6, 6.07) is 0. The molecule has 0 aliphatic heterocycles. The Kier molecular flexibility index (Phi) is 7.80. The minimum absolute atomic E-state index is 0.190. The standard InChI is InChI=1S/C12H24OS2/c1-10(2)8-6-5-7-9-12(3,4)11(13)15-14/h10,14H,5-9H2,1-4H3. The van der Waals surface area contributed by atoms with Crippen molar-refractivity contribution >= 4 is 27.6 Å². The predicted molar refractivity (Wildman–Crippen MR) is 73.3 cm³/mol. The highest BCUT2D eigenvalue weighted by molar-refractivity contribution is 8.74. The highest BCUT2D eigenvalue weighted by Crippen LogP contribution is 2.31. The maximum absolute atomic E-state index is 11.5. The van der Waals surface area contributed by atoms with Gasteiger partial charge in [0.2, 0.25) is 5.12 Å². The maximum Gasteiger partial charge on any atom is 0.204 e. The average molecular weight is 248 g/mol. The van der Waals surface area contributed by atoms with Crippen LogP contribution in [0.1, 0.15) is 59.8 Å². The zero-order chi connectivity index (χ0) is 11.9. The van der Waals surface area contributed by atoms with Gasteiger partial charge in [-0.3, -0.25) is 4.79 Å². The SMILES string of the molecule is CC(C)CCCCCC(C)(C)C(=O)SS.